The number of nitrogens with one attached hydrogen (secondary N) is 1. The molecule has 27 heavy (non-hydrogen) atoms. The van der Waals surface area contributed by atoms with Gasteiger partial charge in [0.25, 0.3) is 0 Å². The highest BCUT2D eigenvalue weighted by atomic mass is 35.5. The van der Waals surface area contributed by atoms with Gasteiger partial charge in [-0.3, -0.25) is 4.79 Å². The highest BCUT2D eigenvalue weighted by Gasteiger charge is 2.22. The third-order valence-electron chi connectivity index (χ3n) is 3.82. The molecule has 6 heteroatoms. The van der Waals surface area contributed by atoms with Gasteiger partial charge in [0.15, 0.2) is 0 Å². The molecule has 2 aromatic carbocycles. The summed E-state index contributed by atoms with van der Waals surface area (Å²) in [6, 6.07) is 13.7. The summed E-state index contributed by atoms with van der Waals surface area (Å²) in [6.07, 6.45) is 2.07. The van der Waals surface area contributed by atoms with Crippen LogP contribution in [0.3, 0.4) is 0 Å². The fourth-order valence-electron chi connectivity index (χ4n) is 2.53. The maximum absolute atomic E-state index is 12.3. The molecule has 1 unspecified atom stereocenters. The largest absolute Gasteiger partial charge is 0.488 e. The summed E-state index contributed by atoms with van der Waals surface area (Å²) in [5.41, 5.74) is 1.65. The number of carbonyl (C=O) groups excluding carboxylic acids is 2. The van der Waals surface area contributed by atoms with Crippen LogP contribution in [0.25, 0.3) is 0 Å². The third-order valence-corrected chi connectivity index (χ3v) is 4.12. The van der Waals surface area contributed by atoms with Crippen LogP contribution in [0, 0.1) is 0 Å². The highest BCUT2D eigenvalue weighted by Crippen LogP contribution is 2.26. The van der Waals surface area contributed by atoms with Crippen molar-refractivity contribution in [3.8, 4) is 5.75 Å². The minimum absolute atomic E-state index is 0.184. The number of amides is 1. The molecule has 2 rings (SSSR count). The van der Waals surface area contributed by atoms with Crippen LogP contribution in [-0.4, -0.2) is 31.6 Å². The average molecular weight is 388 g/mol. The maximum Gasteiger partial charge on any atom is 0.328 e. The van der Waals surface area contributed by atoms with Crippen LogP contribution in [0.1, 0.15) is 11.1 Å². The second kappa shape index (κ2) is 10.4. The normalized spacial score (nSPS) is 11.3. The lowest BCUT2D eigenvalue weighted by molar-refractivity contribution is -0.145. The smallest absolute Gasteiger partial charge is 0.328 e. The molecule has 0 saturated heterocycles. The van der Waals surface area contributed by atoms with E-state index in [0.717, 1.165) is 11.1 Å². The van der Waals surface area contributed by atoms with E-state index in [0.29, 0.717) is 17.4 Å². The second-order valence-corrected chi connectivity index (χ2v) is 6.28. The summed E-state index contributed by atoms with van der Waals surface area (Å²) in [5.74, 6) is -0.240. The molecule has 1 amide bonds. The number of methoxy groups -OCH3 is 1. The van der Waals surface area contributed by atoms with Gasteiger partial charge in [0.1, 0.15) is 18.4 Å². The molecule has 1 atom stereocenters. The van der Waals surface area contributed by atoms with Gasteiger partial charge in [-0.05, 0) is 23.3 Å². The monoisotopic (exact) mass is 387 g/mol. The second-order valence-electron chi connectivity index (χ2n) is 5.87. The predicted molar refractivity (Wildman–Crippen MR) is 105 cm³/mol. The van der Waals surface area contributed by atoms with E-state index in [1.165, 1.54) is 7.11 Å². The number of rotatable bonds is 9. The number of ether oxygens (including phenoxy) is 2. The van der Waals surface area contributed by atoms with Crippen molar-refractivity contribution in [3.05, 3.63) is 77.3 Å². The van der Waals surface area contributed by atoms with Crippen molar-refractivity contribution in [1.29, 1.82) is 0 Å². The van der Waals surface area contributed by atoms with Crippen LogP contribution < -0.4 is 10.1 Å². The summed E-state index contributed by atoms with van der Waals surface area (Å²) in [6.45, 7) is 3.94. The van der Waals surface area contributed by atoms with Gasteiger partial charge in [0.05, 0.1) is 18.6 Å². The Kier molecular flexibility index (Phi) is 7.89. The van der Waals surface area contributed by atoms with Gasteiger partial charge in [-0.15, -0.1) is 0 Å². The lowest BCUT2D eigenvalue weighted by Crippen LogP contribution is -2.43. The van der Waals surface area contributed by atoms with E-state index in [-0.39, 0.29) is 18.7 Å². The van der Waals surface area contributed by atoms with E-state index in [4.69, 9.17) is 21.1 Å². The topological polar surface area (TPSA) is 64.6 Å². The van der Waals surface area contributed by atoms with E-state index in [2.05, 4.69) is 11.9 Å². The van der Waals surface area contributed by atoms with Crippen LogP contribution in [-0.2, 0) is 27.2 Å². The Bertz CT molecular complexity index is 792. The molecule has 0 saturated carbocycles. The Morgan fingerprint density at radius 3 is 2.56 bits per heavy atom. The summed E-state index contributed by atoms with van der Waals surface area (Å²) >= 11 is 6.21. The van der Waals surface area contributed by atoms with E-state index in [1.807, 2.05) is 30.3 Å². The zero-order valence-corrected chi connectivity index (χ0v) is 15.9. The number of carbonyl (C=O) groups is 2. The van der Waals surface area contributed by atoms with Gasteiger partial charge in [-0.2, -0.15) is 0 Å². The van der Waals surface area contributed by atoms with Crippen LogP contribution in [0.4, 0.5) is 0 Å². The molecule has 5 nitrogen and oxygen atoms in total. The van der Waals surface area contributed by atoms with Crippen LogP contribution >= 0.6 is 11.6 Å². The first-order valence-corrected chi connectivity index (χ1v) is 8.84. The van der Waals surface area contributed by atoms with Gasteiger partial charge in [-0.1, -0.05) is 60.7 Å². The average Bonchev–Trinajstić information content (AvgIpc) is 2.67. The third kappa shape index (κ3) is 6.46. The van der Waals surface area contributed by atoms with Crippen LogP contribution in [0.15, 0.2) is 61.2 Å². The molecule has 2 aromatic rings. The quantitative estimate of drug-likeness (QED) is 0.529. The minimum atomic E-state index is -0.803. The first kappa shape index (κ1) is 20.5. The SMILES string of the molecule is C=CCOc1ccc(CC(NC(=O)Cc2ccccc2)C(=O)OC)cc1Cl. The summed E-state index contributed by atoms with van der Waals surface area (Å²) in [4.78, 5) is 24.4. The molecule has 142 valence electrons. The molecule has 0 aromatic heterocycles. The Hall–Kier alpha value is -2.79. The van der Waals surface area contributed by atoms with Gasteiger partial charge < -0.3 is 14.8 Å². The molecule has 0 aliphatic rings. The highest BCUT2D eigenvalue weighted by molar-refractivity contribution is 6.32. The van der Waals surface area contributed by atoms with Gasteiger partial charge in [0, 0.05) is 6.42 Å². The van der Waals surface area contributed by atoms with Crippen molar-refractivity contribution in [2.45, 2.75) is 18.9 Å². The summed E-state index contributed by atoms with van der Waals surface area (Å²) < 4.78 is 10.3. The number of halogens is 1. The molecule has 1 N–H and O–H groups in total. The van der Waals surface area contributed by atoms with Crippen molar-refractivity contribution in [2.75, 3.05) is 13.7 Å². The number of benzene rings is 2. The standard InChI is InChI=1S/C21H22ClNO4/c1-3-11-27-19-10-9-16(12-17(19)22)13-18(21(25)26-2)23-20(24)14-15-7-5-4-6-8-15/h3-10,12,18H,1,11,13-14H2,2H3,(H,23,24). The van der Waals surface area contributed by atoms with Gasteiger partial charge >= 0.3 is 5.97 Å². The molecular weight excluding hydrogens is 366 g/mol. The van der Waals surface area contributed by atoms with Gasteiger partial charge in [-0.25, -0.2) is 4.79 Å². The lowest BCUT2D eigenvalue weighted by atomic mass is 10.0. The Morgan fingerprint density at radius 2 is 1.93 bits per heavy atom. The molecule has 0 aliphatic carbocycles. The van der Waals surface area contributed by atoms with Crippen molar-refractivity contribution in [1.82, 2.24) is 5.32 Å². The fourth-order valence-corrected chi connectivity index (χ4v) is 2.79. The number of esters is 1. The zero-order chi connectivity index (χ0) is 19.6. The van der Waals surface area contributed by atoms with Gasteiger partial charge in [0.2, 0.25) is 5.91 Å². The molecule has 0 heterocycles. The Morgan fingerprint density at radius 1 is 1.19 bits per heavy atom. The first-order valence-electron chi connectivity index (χ1n) is 8.46. The maximum atomic E-state index is 12.3. The first-order chi connectivity index (χ1) is 13.0. The van der Waals surface area contributed by atoms with E-state index < -0.39 is 12.0 Å². The molecule has 0 radical (unpaired) electrons. The summed E-state index contributed by atoms with van der Waals surface area (Å²) in [5, 5.41) is 3.16. The van der Waals surface area contributed by atoms with Crippen molar-refractivity contribution in [3.63, 3.8) is 0 Å². The number of hydrogen-bond donors (Lipinski definition) is 1. The van der Waals surface area contributed by atoms with Crippen LogP contribution in [0.5, 0.6) is 5.75 Å². The lowest BCUT2D eigenvalue weighted by Gasteiger charge is -2.17. The molecule has 0 spiro atoms. The molecule has 0 fully saturated rings. The van der Waals surface area contributed by atoms with E-state index in [9.17, 15) is 9.59 Å². The Labute approximate surface area is 163 Å². The van der Waals surface area contributed by atoms with E-state index >= 15 is 0 Å². The molecule has 0 bridgehead atoms. The summed E-state index contributed by atoms with van der Waals surface area (Å²) in [7, 11) is 1.29. The van der Waals surface area contributed by atoms with Crippen LogP contribution in [0.2, 0.25) is 5.02 Å². The predicted octanol–water partition coefficient (Wildman–Crippen LogP) is 3.35. The van der Waals surface area contributed by atoms with E-state index in [1.54, 1.807) is 24.3 Å². The van der Waals surface area contributed by atoms with Crippen molar-refractivity contribution >= 4 is 23.5 Å². The Balaban J connectivity index is 2.05. The minimum Gasteiger partial charge on any atom is -0.488 e. The zero-order valence-electron chi connectivity index (χ0n) is 15.1. The molecule has 0 aliphatic heterocycles. The van der Waals surface area contributed by atoms with Crippen molar-refractivity contribution < 1.29 is 19.1 Å². The van der Waals surface area contributed by atoms with Crippen molar-refractivity contribution in [2.24, 2.45) is 0 Å². The molecular formula is C21H22ClNO4. The number of hydrogen-bond acceptors (Lipinski definition) is 4. The fraction of sp³-hybridized carbons (Fsp3) is 0.238.